The van der Waals surface area contributed by atoms with E-state index in [0.717, 1.165) is 11.6 Å². The average molecular weight is 330 g/mol. The highest BCUT2D eigenvalue weighted by atomic mass is 35.5. The molecule has 0 aliphatic heterocycles. The smallest absolute Gasteiger partial charge is 0.337 e. The summed E-state index contributed by atoms with van der Waals surface area (Å²) in [5.41, 5.74) is 0.500. The van der Waals surface area contributed by atoms with Crippen molar-refractivity contribution in [1.29, 1.82) is 0 Å². The predicted molar refractivity (Wildman–Crippen MR) is 82.2 cm³/mol. The Labute approximate surface area is 137 Å². The number of carbonyl (C=O) groups excluding carboxylic acids is 1. The average Bonchev–Trinajstić information content (AvgIpc) is 2.53. The molecule has 0 aliphatic rings. The second-order valence-corrected chi connectivity index (χ2v) is 4.95. The van der Waals surface area contributed by atoms with Crippen LogP contribution in [0.1, 0.15) is 5.56 Å². The standard InChI is InChI=1S/C17H12ClNO4/c18-13-6-4-12(5-7-13)15(19-10-2-1-3-11-19)9-8-14(16(20)21)17(22)23/h1-11H,(H-,20,21,22,23). The van der Waals surface area contributed by atoms with E-state index in [-0.39, 0.29) is 0 Å². The summed E-state index contributed by atoms with van der Waals surface area (Å²) in [5, 5.41) is 20.3. The van der Waals surface area contributed by atoms with Gasteiger partial charge in [0.2, 0.25) is 5.70 Å². The summed E-state index contributed by atoms with van der Waals surface area (Å²) in [6, 6.07) is 12.3. The Morgan fingerprint density at radius 1 is 1.04 bits per heavy atom. The van der Waals surface area contributed by atoms with Gasteiger partial charge in [-0.25, -0.2) is 4.79 Å². The normalized spacial score (nSPS) is 12.0. The monoisotopic (exact) mass is 329 g/mol. The van der Waals surface area contributed by atoms with Gasteiger partial charge in [-0.05, 0) is 30.3 Å². The third-order valence-electron chi connectivity index (χ3n) is 2.99. The van der Waals surface area contributed by atoms with Crippen molar-refractivity contribution in [1.82, 2.24) is 0 Å². The van der Waals surface area contributed by atoms with E-state index in [9.17, 15) is 14.7 Å². The van der Waals surface area contributed by atoms with E-state index in [0.29, 0.717) is 10.7 Å². The summed E-state index contributed by atoms with van der Waals surface area (Å²) in [5.74, 6) is -3.31. The van der Waals surface area contributed by atoms with E-state index in [2.05, 4.69) is 0 Å². The fourth-order valence-electron chi connectivity index (χ4n) is 1.90. The highest BCUT2D eigenvalue weighted by molar-refractivity contribution is 6.30. The number of aromatic nitrogens is 1. The second-order valence-electron chi connectivity index (χ2n) is 4.51. The van der Waals surface area contributed by atoms with Gasteiger partial charge in [-0.15, -0.1) is 0 Å². The number of rotatable bonds is 5. The van der Waals surface area contributed by atoms with Crippen LogP contribution in [0.2, 0.25) is 5.02 Å². The maximum atomic E-state index is 10.9. The summed E-state index contributed by atoms with van der Waals surface area (Å²) in [6.07, 6.45) is 5.92. The zero-order valence-corrected chi connectivity index (χ0v) is 12.6. The molecule has 0 spiro atoms. The molecule has 0 bridgehead atoms. The molecule has 0 unspecified atom stereocenters. The van der Waals surface area contributed by atoms with Crippen LogP contribution in [0.3, 0.4) is 0 Å². The van der Waals surface area contributed by atoms with E-state index in [1.807, 2.05) is 6.07 Å². The predicted octanol–water partition coefficient (Wildman–Crippen LogP) is 1.28. The number of allylic oxidation sites excluding steroid dienone is 2. The molecular formula is C17H12ClNO4. The van der Waals surface area contributed by atoms with Crippen LogP contribution in [-0.2, 0) is 9.59 Å². The minimum atomic E-state index is -1.75. The zero-order chi connectivity index (χ0) is 16.8. The van der Waals surface area contributed by atoms with E-state index >= 15 is 0 Å². The van der Waals surface area contributed by atoms with Gasteiger partial charge >= 0.3 is 5.97 Å². The quantitative estimate of drug-likeness (QED) is 0.294. The Kier molecular flexibility index (Phi) is 5.28. The lowest BCUT2D eigenvalue weighted by atomic mass is 10.1. The number of halogens is 1. The Hall–Kier alpha value is -2.92. The molecule has 0 aliphatic carbocycles. The summed E-state index contributed by atoms with van der Waals surface area (Å²) in [7, 11) is 0. The number of carboxylic acids is 2. The fraction of sp³-hybridized carbons (Fsp3) is 0. The van der Waals surface area contributed by atoms with Gasteiger partial charge in [-0.1, -0.05) is 17.7 Å². The number of carboxylic acid groups (broad SMARTS) is 2. The van der Waals surface area contributed by atoms with Crippen LogP contribution in [0.5, 0.6) is 0 Å². The lowest BCUT2D eigenvalue weighted by molar-refractivity contribution is -0.579. The van der Waals surface area contributed by atoms with Gasteiger partial charge in [-0.2, -0.15) is 4.57 Å². The molecule has 23 heavy (non-hydrogen) atoms. The molecule has 1 aromatic carbocycles. The first-order valence-electron chi connectivity index (χ1n) is 6.58. The SMILES string of the molecule is O=C([O-])C(=CC=C(c1ccc(Cl)cc1)[n+]1ccccc1)C(=O)O. The van der Waals surface area contributed by atoms with Crippen LogP contribution >= 0.6 is 11.6 Å². The molecule has 0 fully saturated rings. The van der Waals surface area contributed by atoms with Crippen molar-refractivity contribution in [2.45, 2.75) is 0 Å². The van der Waals surface area contributed by atoms with E-state index < -0.39 is 17.5 Å². The van der Waals surface area contributed by atoms with Crippen LogP contribution < -0.4 is 9.67 Å². The lowest BCUT2D eigenvalue weighted by Gasteiger charge is -2.03. The van der Waals surface area contributed by atoms with Gasteiger partial charge in [0.05, 0.1) is 11.5 Å². The summed E-state index contributed by atoms with van der Waals surface area (Å²) >= 11 is 5.87. The Bertz CT molecular complexity index is 764. The third-order valence-corrected chi connectivity index (χ3v) is 3.24. The Balaban J connectivity index is 2.56. The molecule has 1 N–H and O–H groups in total. The Morgan fingerprint density at radius 3 is 2.17 bits per heavy atom. The minimum absolute atomic E-state index is 0.558. The molecule has 0 amide bonds. The largest absolute Gasteiger partial charge is 0.545 e. The molecule has 5 nitrogen and oxygen atoms in total. The number of nitrogens with zero attached hydrogens (tertiary/aromatic N) is 1. The molecule has 116 valence electrons. The summed E-state index contributed by atoms with van der Waals surface area (Å²) in [4.78, 5) is 21.8. The molecule has 1 heterocycles. The van der Waals surface area contributed by atoms with Crippen molar-refractivity contribution in [2.75, 3.05) is 0 Å². The van der Waals surface area contributed by atoms with Crippen molar-refractivity contribution in [2.24, 2.45) is 0 Å². The number of carbonyl (C=O) groups is 2. The van der Waals surface area contributed by atoms with Crippen LogP contribution in [0.25, 0.3) is 5.70 Å². The summed E-state index contributed by atoms with van der Waals surface area (Å²) in [6.45, 7) is 0. The maximum Gasteiger partial charge on any atom is 0.337 e. The number of hydrogen-bond donors (Lipinski definition) is 1. The molecule has 0 saturated carbocycles. The van der Waals surface area contributed by atoms with E-state index in [1.165, 1.54) is 6.08 Å². The van der Waals surface area contributed by atoms with Gasteiger partial charge < -0.3 is 15.0 Å². The molecule has 1 aromatic heterocycles. The van der Waals surface area contributed by atoms with Gasteiger partial charge in [0, 0.05) is 28.8 Å². The highest BCUT2D eigenvalue weighted by Gasteiger charge is 2.13. The van der Waals surface area contributed by atoms with E-state index in [4.69, 9.17) is 16.7 Å². The zero-order valence-electron chi connectivity index (χ0n) is 11.8. The minimum Gasteiger partial charge on any atom is -0.545 e. The molecule has 0 atom stereocenters. The van der Waals surface area contributed by atoms with Crippen molar-refractivity contribution in [3.8, 4) is 0 Å². The number of hydrogen-bond acceptors (Lipinski definition) is 3. The Morgan fingerprint density at radius 2 is 1.65 bits per heavy atom. The first kappa shape index (κ1) is 16.5. The van der Waals surface area contributed by atoms with Crippen molar-refractivity contribution in [3.05, 3.63) is 83.2 Å². The van der Waals surface area contributed by atoms with Gasteiger partial charge in [-0.3, -0.25) is 0 Å². The van der Waals surface area contributed by atoms with Crippen LogP contribution in [0, 0.1) is 0 Å². The second kappa shape index (κ2) is 7.38. The molecule has 2 rings (SSSR count). The van der Waals surface area contributed by atoms with Gasteiger partial charge in [0.15, 0.2) is 12.4 Å². The molecule has 0 radical (unpaired) electrons. The van der Waals surface area contributed by atoms with Crippen molar-refractivity contribution in [3.63, 3.8) is 0 Å². The van der Waals surface area contributed by atoms with Gasteiger partial charge in [0.25, 0.3) is 0 Å². The van der Waals surface area contributed by atoms with Crippen LogP contribution in [0.4, 0.5) is 0 Å². The van der Waals surface area contributed by atoms with Crippen LogP contribution in [-0.4, -0.2) is 17.0 Å². The first-order chi connectivity index (χ1) is 11.0. The topological polar surface area (TPSA) is 81.3 Å². The van der Waals surface area contributed by atoms with Gasteiger partial charge in [0.1, 0.15) is 0 Å². The molecule has 2 aromatic rings. The maximum absolute atomic E-state index is 10.9. The summed E-state index contributed by atoms with van der Waals surface area (Å²) < 4.78 is 1.73. The number of benzene rings is 1. The number of aliphatic carboxylic acids is 2. The lowest BCUT2D eigenvalue weighted by Crippen LogP contribution is -2.32. The van der Waals surface area contributed by atoms with Crippen LogP contribution in [0.15, 0.2) is 72.6 Å². The van der Waals surface area contributed by atoms with Crippen molar-refractivity contribution < 1.29 is 24.4 Å². The first-order valence-corrected chi connectivity index (χ1v) is 6.96. The molecule has 6 heteroatoms. The molecule has 0 saturated heterocycles. The molecular weight excluding hydrogens is 318 g/mol. The van der Waals surface area contributed by atoms with Crippen molar-refractivity contribution >= 4 is 29.2 Å². The van der Waals surface area contributed by atoms with E-state index in [1.54, 1.807) is 53.4 Å². The highest BCUT2D eigenvalue weighted by Crippen LogP contribution is 2.16. The number of pyridine rings is 1. The fourth-order valence-corrected chi connectivity index (χ4v) is 2.03. The third kappa shape index (κ3) is 4.28.